The summed E-state index contributed by atoms with van der Waals surface area (Å²) in [5.74, 6) is 0.261. The van der Waals surface area contributed by atoms with Crippen LogP contribution in [0.3, 0.4) is 0 Å². The summed E-state index contributed by atoms with van der Waals surface area (Å²) >= 11 is 0. The van der Waals surface area contributed by atoms with Crippen LogP contribution in [0, 0.1) is 0 Å². The lowest BCUT2D eigenvalue weighted by molar-refractivity contribution is 0.0311. The molecule has 0 aromatic rings. The van der Waals surface area contributed by atoms with Crippen LogP contribution in [0.4, 0.5) is 0 Å². The zero-order chi connectivity index (χ0) is 8.97. The maximum Gasteiger partial charge on any atom is 0.156 e. The van der Waals surface area contributed by atoms with E-state index in [9.17, 15) is 0 Å². The van der Waals surface area contributed by atoms with Crippen LogP contribution in [-0.2, 0) is 4.74 Å². The highest BCUT2D eigenvalue weighted by Crippen LogP contribution is 2.02. The van der Waals surface area contributed by atoms with Crippen LogP contribution in [0.15, 0.2) is 5.16 Å². The van der Waals surface area contributed by atoms with Gasteiger partial charge in [-0.25, -0.2) is 0 Å². The molecular formula is C7H15N3O2. The van der Waals surface area contributed by atoms with Crippen molar-refractivity contribution in [3.63, 3.8) is 0 Å². The Labute approximate surface area is 71.8 Å². The number of rotatable bonds is 2. The molecule has 1 fully saturated rings. The second-order valence-electron chi connectivity index (χ2n) is 2.85. The molecule has 1 atom stereocenters. The summed E-state index contributed by atoms with van der Waals surface area (Å²) in [6.07, 6.45) is 0. The molecule has 0 saturated carbocycles. The van der Waals surface area contributed by atoms with Gasteiger partial charge in [0.15, 0.2) is 5.84 Å². The lowest BCUT2D eigenvalue weighted by atomic mass is 10.2. The Morgan fingerprint density at radius 2 is 2.17 bits per heavy atom. The maximum atomic E-state index is 8.44. The van der Waals surface area contributed by atoms with Gasteiger partial charge >= 0.3 is 0 Å². The summed E-state index contributed by atoms with van der Waals surface area (Å²) in [5, 5.41) is 11.4. The van der Waals surface area contributed by atoms with E-state index >= 15 is 0 Å². The standard InChI is InChI=1S/C7H15N3O2/c1-6(7(8)9-11)10-2-4-12-5-3-10/h6,11H,2-5H2,1H3,(H2,8,9)/t6-/m0/s1. The predicted molar refractivity (Wildman–Crippen MR) is 45.3 cm³/mol. The molecule has 12 heavy (non-hydrogen) atoms. The lowest BCUT2D eigenvalue weighted by Gasteiger charge is -2.31. The average molecular weight is 173 g/mol. The second-order valence-corrected chi connectivity index (χ2v) is 2.85. The molecule has 5 heteroatoms. The SMILES string of the molecule is C[C@@H](/C(N)=N\O)N1CCOCC1. The molecule has 70 valence electrons. The van der Waals surface area contributed by atoms with Gasteiger partial charge in [0.2, 0.25) is 0 Å². The van der Waals surface area contributed by atoms with Crippen molar-refractivity contribution >= 4 is 5.84 Å². The third-order valence-electron chi connectivity index (χ3n) is 2.14. The van der Waals surface area contributed by atoms with Gasteiger partial charge < -0.3 is 15.7 Å². The Balaban J connectivity index is 2.44. The van der Waals surface area contributed by atoms with Crippen LogP contribution in [0.5, 0.6) is 0 Å². The molecule has 0 aromatic carbocycles. The van der Waals surface area contributed by atoms with Crippen molar-refractivity contribution < 1.29 is 9.94 Å². The summed E-state index contributed by atoms with van der Waals surface area (Å²) in [6, 6.07) is -0.00102. The van der Waals surface area contributed by atoms with E-state index in [1.54, 1.807) is 0 Å². The average Bonchev–Trinajstić information content (AvgIpc) is 2.17. The van der Waals surface area contributed by atoms with Gasteiger partial charge in [-0.15, -0.1) is 0 Å². The van der Waals surface area contributed by atoms with Gasteiger partial charge in [-0.1, -0.05) is 5.16 Å². The Morgan fingerprint density at radius 1 is 1.58 bits per heavy atom. The first-order valence-corrected chi connectivity index (χ1v) is 4.05. The Kier molecular flexibility index (Phi) is 3.31. The highest BCUT2D eigenvalue weighted by atomic mass is 16.5. The fraction of sp³-hybridized carbons (Fsp3) is 0.857. The quantitative estimate of drug-likeness (QED) is 0.254. The van der Waals surface area contributed by atoms with Gasteiger partial charge in [0.05, 0.1) is 19.3 Å². The van der Waals surface area contributed by atoms with Crippen molar-refractivity contribution in [1.29, 1.82) is 0 Å². The van der Waals surface area contributed by atoms with Crippen molar-refractivity contribution in [2.45, 2.75) is 13.0 Å². The summed E-state index contributed by atoms with van der Waals surface area (Å²) in [7, 11) is 0. The molecule has 0 spiro atoms. The van der Waals surface area contributed by atoms with Crippen molar-refractivity contribution in [2.24, 2.45) is 10.9 Å². The fourth-order valence-corrected chi connectivity index (χ4v) is 1.24. The monoisotopic (exact) mass is 173 g/mol. The smallest absolute Gasteiger partial charge is 0.156 e. The molecule has 3 N–H and O–H groups in total. The molecule has 1 heterocycles. The maximum absolute atomic E-state index is 8.44. The number of oxime groups is 1. The normalized spacial score (nSPS) is 23.9. The lowest BCUT2D eigenvalue weighted by Crippen LogP contribution is -2.48. The molecule has 1 aliphatic heterocycles. The number of amidine groups is 1. The minimum Gasteiger partial charge on any atom is -0.409 e. The van der Waals surface area contributed by atoms with Crippen molar-refractivity contribution in [2.75, 3.05) is 26.3 Å². The van der Waals surface area contributed by atoms with Gasteiger partial charge in [-0.2, -0.15) is 0 Å². The number of nitrogens with zero attached hydrogens (tertiary/aromatic N) is 2. The van der Waals surface area contributed by atoms with Crippen LogP contribution < -0.4 is 5.73 Å². The molecular weight excluding hydrogens is 158 g/mol. The Morgan fingerprint density at radius 3 is 2.67 bits per heavy atom. The van der Waals surface area contributed by atoms with Crippen LogP contribution in [0.25, 0.3) is 0 Å². The predicted octanol–water partition coefficient (Wildman–Crippen LogP) is -0.546. The van der Waals surface area contributed by atoms with E-state index < -0.39 is 0 Å². The molecule has 0 aromatic heterocycles. The van der Waals surface area contributed by atoms with E-state index in [2.05, 4.69) is 10.1 Å². The minimum atomic E-state index is -0.00102. The van der Waals surface area contributed by atoms with E-state index in [1.807, 2.05) is 6.92 Å². The van der Waals surface area contributed by atoms with E-state index in [0.717, 1.165) is 26.3 Å². The molecule has 0 radical (unpaired) electrons. The van der Waals surface area contributed by atoms with Crippen molar-refractivity contribution in [3.8, 4) is 0 Å². The Bertz CT molecular complexity index is 166. The number of morpholine rings is 1. The highest BCUT2D eigenvalue weighted by molar-refractivity contribution is 5.84. The molecule has 0 bridgehead atoms. The number of ether oxygens (including phenoxy) is 1. The molecule has 0 aliphatic carbocycles. The van der Waals surface area contributed by atoms with Crippen molar-refractivity contribution in [3.05, 3.63) is 0 Å². The van der Waals surface area contributed by atoms with Gasteiger partial charge in [0.25, 0.3) is 0 Å². The second kappa shape index (κ2) is 4.27. The highest BCUT2D eigenvalue weighted by Gasteiger charge is 2.19. The molecule has 5 nitrogen and oxygen atoms in total. The van der Waals surface area contributed by atoms with Crippen LogP contribution in [0.2, 0.25) is 0 Å². The summed E-state index contributed by atoms with van der Waals surface area (Å²) in [6.45, 7) is 5.06. The first-order valence-electron chi connectivity index (χ1n) is 4.05. The zero-order valence-electron chi connectivity index (χ0n) is 7.23. The van der Waals surface area contributed by atoms with Gasteiger partial charge in [0, 0.05) is 13.1 Å². The van der Waals surface area contributed by atoms with E-state index in [1.165, 1.54) is 0 Å². The number of hydrogen-bond acceptors (Lipinski definition) is 4. The first-order chi connectivity index (χ1) is 5.75. The molecule has 0 amide bonds. The van der Waals surface area contributed by atoms with Crippen LogP contribution >= 0.6 is 0 Å². The van der Waals surface area contributed by atoms with E-state index in [4.69, 9.17) is 15.7 Å². The summed E-state index contributed by atoms with van der Waals surface area (Å²) < 4.78 is 5.18. The fourth-order valence-electron chi connectivity index (χ4n) is 1.24. The summed E-state index contributed by atoms with van der Waals surface area (Å²) in [4.78, 5) is 2.12. The molecule has 1 rings (SSSR count). The van der Waals surface area contributed by atoms with Gasteiger partial charge in [-0.05, 0) is 6.92 Å². The third kappa shape index (κ3) is 2.09. The minimum absolute atomic E-state index is 0.00102. The first kappa shape index (κ1) is 9.28. The number of nitrogens with two attached hydrogens (primary N) is 1. The molecule has 1 saturated heterocycles. The number of hydrogen-bond donors (Lipinski definition) is 2. The van der Waals surface area contributed by atoms with Gasteiger partial charge in [-0.3, -0.25) is 4.90 Å². The van der Waals surface area contributed by atoms with Crippen molar-refractivity contribution in [1.82, 2.24) is 4.90 Å². The van der Waals surface area contributed by atoms with Crippen LogP contribution in [0.1, 0.15) is 6.92 Å². The largest absolute Gasteiger partial charge is 0.409 e. The van der Waals surface area contributed by atoms with Gasteiger partial charge in [0.1, 0.15) is 0 Å². The Hall–Kier alpha value is -0.810. The third-order valence-corrected chi connectivity index (χ3v) is 2.14. The summed E-state index contributed by atoms with van der Waals surface area (Å²) in [5.41, 5.74) is 5.46. The zero-order valence-corrected chi connectivity index (χ0v) is 7.23. The molecule has 0 unspecified atom stereocenters. The molecule has 1 aliphatic rings. The van der Waals surface area contributed by atoms with E-state index in [-0.39, 0.29) is 11.9 Å². The topological polar surface area (TPSA) is 71.1 Å². The van der Waals surface area contributed by atoms with Crippen LogP contribution in [-0.4, -0.2) is 48.3 Å². The van der Waals surface area contributed by atoms with E-state index in [0.29, 0.717) is 0 Å².